The first-order valence-electron chi connectivity index (χ1n) is 9.61. The van der Waals surface area contributed by atoms with Crippen LogP contribution >= 0.6 is 0 Å². The largest absolute Gasteiger partial charge is 0.363 e. The first kappa shape index (κ1) is 20.2. The molecule has 0 aliphatic rings. The summed E-state index contributed by atoms with van der Waals surface area (Å²) in [4.78, 5) is 23.4. The minimum atomic E-state index is -0.365. The van der Waals surface area contributed by atoms with Crippen LogP contribution in [0.3, 0.4) is 0 Å². The van der Waals surface area contributed by atoms with Gasteiger partial charge in [-0.2, -0.15) is 0 Å². The maximum atomic E-state index is 13.4. The van der Waals surface area contributed by atoms with Gasteiger partial charge in [-0.25, -0.2) is 14.4 Å². The van der Waals surface area contributed by atoms with Crippen LogP contribution in [0.2, 0.25) is 0 Å². The van der Waals surface area contributed by atoms with Crippen LogP contribution in [0, 0.1) is 5.82 Å². The molecule has 0 atom stereocenters. The van der Waals surface area contributed by atoms with E-state index in [1.165, 1.54) is 12.1 Å². The topological polar surface area (TPSA) is 84.2 Å². The average Bonchev–Trinajstić information content (AvgIpc) is 3.18. The van der Waals surface area contributed by atoms with Crippen molar-refractivity contribution in [3.8, 4) is 22.6 Å². The van der Waals surface area contributed by atoms with Crippen molar-refractivity contribution in [2.75, 3.05) is 24.3 Å². The molecular weight excluding hydrogens is 397 g/mol. The lowest BCUT2D eigenvalue weighted by atomic mass is 10.1. The molecule has 0 aliphatic carbocycles. The number of hydrogen-bond acceptors (Lipinski definition) is 6. The number of anilines is 2. The molecule has 4 rings (SSSR count). The molecule has 0 unspecified atom stereocenters. The third-order valence-electron chi connectivity index (χ3n) is 4.59. The van der Waals surface area contributed by atoms with Gasteiger partial charge in [-0.15, -0.1) is 0 Å². The zero-order valence-electron chi connectivity index (χ0n) is 17.0. The van der Waals surface area contributed by atoms with Crippen molar-refractivity contribution in [1.82, 2.24) is 15.1 Å². The van der Waals surface area contributed by atoms with Crippen molar-refractivity contribution >= 4 is 17.6 Å². The highest BCUT2D eigenvalue weighted by Gasteiger charge is 2.24. The second-order valence-corrected chi connectivity index (χ2v) is 7.09. The fraction of sp³-hybridized carbons (Fsp3) is 0.130. The normalized spacial score (nSPS) is 10.7. The van der Waals surface area contributed by atoms with Gasteiger partial charge < -0.3 is 9.42 Å². The molecule has 0 bridgehead atoms. The summed E-state index contributed by atoms with van der Waals surface area (Å²) >= 11 is 0. The third kappa shape index (κ3) is 4.58. The number of benzene rings is 2. The maximum Gasteiger partial charge on any atom is 0.243 e. The van der Waals surface area contributed by atoms with Crippen molar-refractivity contribution in [2.24, 2.45) is 0 Å². The zero-order valence-corrected chi connectivity index (χ0v) is 17.0. The number of nitrogens with one attached hydrogen (secondary N) is 1. The molecule has 0 radical (unpaired) electrons. The lowest BCUT2D eigenvalue weighted by molar-refractivity contribution is -0.115. The van der Waals surface area contributed by atoms with Gasteiger partial charge in [0.1, 0.15) is 22.9 Å². The van der Waals surface area contributed by atoms with Gasteiger partial charge in [0.05, 0.1) is 6.42 Å². The van der Waals surface area contributed by atoms with E-state index in [2.05, 4.69) is 20.4 Å². The number of carbonyl (C=O) groups excluding carboxylic acids is 1. The fourth-order valence-corrected chi connectivity index (χ4v) is 3.06. The molecule has 2 heterocycles. The molecule has 156 valence electrons. The van der Waals surface area contributed by atoms with Gasteiger partial charge in [-0.3, -0.25) is 10.1 Å². The third-order valence-corrected chi connectivity index (χ3v) is 4.59. The van der Waals surface area contributed by atoms with Crippen LogP contribution in [0.4, 0.5) is 16.1 Å². The first-order valence-corrected chi connectivity index (χ1v) is 9.61. The van der Waals surface area contributed by atoms with Gasteiger partial charge >= 0.3 is 0 Å². The van der Waals surface area contributed by atoms with Crippen molar-refractivity contribution < 1.29 is 13.7 Å². The monoisotopic (exact) mass is 417 g/mol. The van der Waals surface area contributed by atoms with Crippen LogP contribution in [0.5, 0.6) is 0 Å². The van der Waals surface area contributed by atoms with Crippen LogP contribution in [0.15, 0.2) is 71.4 Å². The van der Waals surface area contributed by atoms with E-state index in [1.54, 1.807) is 24.4 Å². The minimum absolute atomic E-state index is 0.135. The van der Waals surface area contributed by atoms with E-state index in [1.807, 2.05) is 49.3 Å². The summed E-state index contributed by atoms with van der Waals surface area (Å²) in [7, 11) is 3.73. The predicted octanol–water partition coefficient (Wildman–Crippen LogP) is 4.18. The first-order chi connectivity index (χ1) is 15.0. The van der Waals surface area contributed by atoms with Crippen LogP contribution in [0.1, 0.15) is 5.56 Å². The molecule has 0 spiro atoms. The van der Waals surface area contributed by atoms with E-state index in [-0.39, 0.29) is 24.0 Å². The smallest absolute Gasteiger partial charge is 0.243 e. The van der Waals surface area contributed by atoms with Crippen LogP contribution in [-0.4, -0.2) is 35.1 Å². The number of halogens is 1. The van der Waals surface area contributed by atoms with Gasteiger partial charge in [0, 0.05) is 25.9 Å². The van der Waals surface area contributed by atoms with E-state index in [9.17, 15) is 9.18 Å². The molecule has 7 nitrogen and oxygen atoms in total. The molecule has 2 aromatic carbocycles. The number of rotatable bonds is 6. The molecule has 1 N–H and O–H groups in total. The summed E-state index contributed by atoms with van der Waals surface area (Å²) in [5.41, 5.74) is 2.32. The summed E-state index contributed by atoms with van der Waals surface area (Å²) in [5.74, 6) is 0.518. The van der Waals surface area contributed by atoms with Gasteiger partial charge in [-0.05, 0) is 35.9 Å². The highest BCUT2D eigenvalue weighted by Crippen LogP contribution is 2.36. The number of hydrogen-bond donors (Lipinski definition) is 1. The average molecular weight is 417 g/mol. The van der Waals surface area contributed by atoms with Crippen molar-refractivity contribution in [3.63, 3.8) is 0 Å². The summed E-state index contributed by atoms with van der Waals surface area (Å²) in [6.07, 6.45) is 1.79. The molecule has 0 aliphatic heterocycles. The maximum absolute atomic E-state index is 13.4. The number of nitrogens with zero attached hydrogens (tertiary/aromatic N) is 4. The van der Waals surface area contributed by atoms with E-state index in [0.29, 0.717) is 28.5 Å². The number of carbonyl (C=O) groups is 1. The van der Waals surface area contributed by atoms with Gasteiger partial charge in [0.25, 0.3) is 0 Å². The quantitative estimate of drug-likeness (QED) is 0.507. The second kappa shape index (κ2) is 8.74. The van der Waals surface area contributed by atoms with E-state index < -0.39 is 0 Å². The Morgan fingerprint density at radius 3 is 2.52 bits per heavy atom. The van der Waals surface area contributed by atoms with Crippen molar-refractivity contribution in [1.29, 1.82) is 0 Å². The minimum Gasteiger partial charge on any atom is -0.363 e. The predicted molar refractivity (Wildman–Crippen MR) is 116 cm³/mol. The van der Waals surface area contributed by atoms with Gasteiger partial charge in [0.15, 0.2) is 5.82 Å². The highest BCUT2D eigenvalue weighted by atomic mass is 19.1. The molecule has 0 saturated heterocycles. The molecule has 8 heteroatoms. The number of amides is 1. The number of aromatic nitrogens is 3. The Hall–Kier alpha value is -4.07. The Bertz CT molecular complexity index is 1190. The second-order valence-electron chi connectivity index (χ2n) is 7.09. The summed E-state index contributed by atoms with van der Waals surface area (Å²) < 4.78 is 18.9. The zero-order chi connectivity index (χ0) is 21.8. The Morgan fingerprint density at radius 2 is 1.81 bits per heavy atom. The van der Waals surface area contributed by atoms with Crippen LogP contribution < -0.4 is 10.2 Å². The summed E-state index contributed by atoms with van der Waals surface area (Å²) in [5, 5.41) is 6.89. The molecule has 0 fully saturated rings. The van der Waals surface area contributed by atoms with Crippen molar-refractivity contribution in [2.45, 2.75) is 6.42 Å². The Labute approximate surface area is 178 Å². The molecule has 31 heavy (non-hydrogen) atoms. The van der Waals surface area contributed by atoms with Gasteiger partial charge in [-0.1, -0.05) is 35.5 Å². The molecular formula is C23H20FN5O2. The van der Waals surface area contributed by atoms with E-state index in [4.69, 9.17) is 4.52 Å². The van der Waals surface area contributed by atoms with Gasteiger partial charge in [0.2, 0.25) is 11.8 Å². The molecule has 4 aromatic rings. The summed E-state index contributed by atoms with van der Waals surface area (Å²) in [6.45, 7) is 0. The lowest BCUT2D eigenvalue weighted by Crippen LogP contribution is -2.15. The SMILES string of the molecule is CN(C)c1ccnc(-c2c(-c3ccc(F)cc3)noc2NC(=O)Cc2ccccc2)n1. The Balaban J connectivity index is 1.74. The Kier molecular flexibility index (Phi) is 5.70. The fourth-order valence-electron chi connectivity index (χ4n) is 3.06. The highest BCUT2D eigenvalue weighted by molar-refractivity contribution is 5.97. The Morgan fingerprint density at radius 1 is 1.06 bits per heavy atom. The lowest BCUT2D eigenvalue weighted by Gasteiger charge is -2.12. The molecule has 0 saturated carbocycles. The van der Waals surface area contributed by atoms with Crippen molar-refractivity contribution in [3.05, 3.63) is 78.2 Å². The standard InChI is InChI=1S/C23H20FN5O2/c1-29(2)18-12-13-25-22(26-18)20-21(16-8-10-17(24)11-9-16)28-31-23(20)27-19(30)14-15-6-4-3-5-7-15/h3-13H,14H2,1-2H3,(H,27,30). The van der Waals surface area contributed by atoms with Crippen LogP contribution in [-0.2, 0) is 11.2 Å². The summed E-state index contributed by atoms with van der Waals surface area (Å²) in [6, 6.07) is 17.0. The van der Waals surface area contributed by atoms with E-state index in [0.717, 1.165) is 5.56 Å². The van der Waals surface area contributed by atoms with Crippen LogP contribution in [0.25, 0.3) is 22.6 Å². The molecule has 2 aromatic heterocycles. The molecule has 1 amide bonds. The van der Waals surface area contributed by atoms with E-state index >= 15 is 0 Å².